The molecule has 1 aromatic carbocycles. The van der Waals surface area contributed by atoms with Gasteiger partial charge in [-0.3, -0.25) is 14.6 Å². The highest BCUT2D eigenvalue weighted by molar-refractivity contribution is 7.98. The van der Waals surface area contributed by atoms with Crippen LogP contribution in [-0.2, 0) is 16.1 Å². The molecule has 0 spiro atoms. The second kappa shape index (κ2) is 8.75. The predicted molar refractivity (Wildman–Crippen MR) is 116 cm³/mol. The molecule has 29 heavy (non-hydrogen) atoms. The lowest BCUT2D eigenvalue weighted by molar-refractivity contribution is -0.128. The Kier molecular flexibility index (Phi) is 5.92. The van der Waals surface area contributed by atoms with E-state index in [4.69, 9.17) is 0 Å². The number of hydrogen-bond donors (Lipinski definition) is 1. The van der Waals surface area contributed by atoms with Crippen molar-refractivity contribution in [1.82, 2.24) is 14.9 Å². The van der Waals surface area contributed by atoms with Gasteiger partial charge in [0.05, 0.1) is 23.9 Å². The molecular formula is C21H20N4O2S2. The largest absolute Gasteiger partial charge is 0.336 e. The van der Waals surface area contributed by atoms with Crippen LogP contribution in [0.1, 0.15) is 12.1 Å². The Bertz CT molecular complexity index is 1010. The Morgan fingerprint density at radius 2 is 2.10 bits per heavy atom. The van der Waals surface area contributed by atoms with Crippen LogP contribution in [0.3, 0.4) is 0 Å². The fourth-order valence-corrected chi connectivity index (χ4v) is 4.35. The first-order valence-corrected chi connectivity index (χ1v) is 11.3. The van der Waals surface area contributed by atoms with Crippen molar-refractivity contribution in [3.8, 4) is 11.3 Å². The maximum atomic E-state index is 12.6. The molecule has 8 heteroatoms. The first kappa shape index (κ1) is 19.6. The first-order valence-electron chi connectivity index (χ1n) is 9.21. The Morgan fingerprint density at radius 3 is 2.83 bits per heavy atom. The monoisotopic (exact) mass is 424 g/mol. The molecule has 4 rings (SSSR count). The van der Waals surface area contributed by atoms with Crippen LogP contribution < -0.4 is 5.32 Å². The smallest absolute Gasteiger partial charge is 0.231 e. The molecule has 1 N–H and O–H groups in total. The number of thioether (sulfide) groups is 1. The van der Waals surface area contributed by atoms with Crippen LogP contribution in [0.15, 0.2) is 58.9 Å². The topological polar surface area (TPSA) is 75.2 Å². The second-order valence-electron chi connectivity index (χ2n) is 6.75. The van der Waals surface area contributed by atoms with Crippen LogP contribution in [0.4, 0.5) is 5.13 Å². The summed E-state index contributed by atoms with van der Waals surface area (Å²) in [5, 5.41) is 5.35. The van der Waals surface area contributed by atoms with Crippen molar-refractivity contribution in [2.75, 3.05) is 18.1 Å². The Morgan fingerprint density at radius 1 is 1.28 bits per heavy atom. The lowest BCUT2D eigenvalue weighted by Gasteiger charge is -2.15. The number of likely N-dealkylation sites (tertiary alicyclic amines) is 1. The predicted octanol–water partition coefficient (Wildman–Crippen LogP) is 3.91. The molecule has 1 atom stereocenters. The average Bonchev–Trinajstić information content (AvgIpc) is 3.36. The minimum Gasteiger partial charge on any atom is -0.336 e. The molecule has 6 nitrogen and oxygen atoms in total. The number of anilines is 1. The normalized spacial score (nSPS) is 16.2. The van der Waals surface area contributed by atoms with Gasteiger partial charge in [-0.2, -0.15) is 0 Å². The van der Waals surface area contributed by atoms with Crippen LogP contribution in [0.25, 0.3) is 11.3 Å². The Balaban J connectivity index is 1.37. The third-order valence-electron chi connectivity index (χ3n) is 4.78. The molecule has 1 aliphatic heterocycles. The van der Waals surface area contributed by atoms with Gasteiger partial charge in [0.1, 0.15) is 0 Å². The molecule has 2 amide bonds. The summed E-state index contributed by atoms with van der Waals surface area (Å²) in [4.78, 5) is 36.6. The van der Waals surface area contributed by atoms with Gasteiger partial charge >= 0.3 is 0 Å². The van der Waals surface area contributed by atoms with E-state index in [1.807, 2.05) is 42.0 Å². The summed E-state index contributed by atoms with van der Waals surface area (Å²) in [5.41, 5.74) is 2.66. The summed E-state index contributed by atoms with van der Waals surface area (Å²) in [6.45, 7) is 0.826. The number of carbonyl (C=O) groups excluding carboxylic acids is 2. The van der Waals surface area contributed by atoms with E-state index in [0.717, 1.165) is 17.0 Å². The lowest BCUT2D eigenvalue weighted by atomic mass is 10.1. The van der Waals surface area contributed by atoms with E-state index in [-0.39, 0.29) is 24.2 Å². The van der Waals surface area contributed by atoms with Crippen LogP contribution in [0.5, 0.6) is 0 Å². The van der Waals surface area contributed by atoms with Crippen molar-refractivity contribution >= 4 is 40.0 Å². The molecule has 0 saturated carbocycles. The molecule has 1 unspecified atom stereocenters. The van der Waals surface area contributed by atoms with Gasteiger partial charge in [-0.25, -0.2) is 4.98 Å². The molecule has 148 valence electrons. The highest BCUT2D eigenvalue weighted by Gasteiger charge is 2.34. The minimum absolute atomic E-state index is 0.0236. The molecule has 1 saturated heterocycles. The van der Waals surface area contributed by atoms with Crippen molar-refractivity contribution in [2.45, 2.75) is 17.9 Å². The van der Waals surface area contributed by atoms with Crippen LogP contribution in [-0.4, -0.2) is 39.5 Å². The zero-order chi connectivity index (χ0) is 20.2. The Labute approximate surface area is 177 Å². The standard InChI is InChI=1S/C21H20N4O2S2/c1-28-17-7-5-14(6-8-17)18-13-29-21(23-18)24-20(27)15-10-19(26)25(11-15)12-16-4-2-3-9-22-16/h2-9,13,15H,10-12H2,1H3,(H,23,24,27). The third kappa shape index (κ3) is 4.65. The SMILES string of the molecule is CSc1ccc(-c2csc(NC(=O)C3CC(=O)N(Cc4ccccn4)C3)n2)cc1. The maximum Gasteiger partial charge on any atom is 0.231 e. The summed E-state index contributed by atoms with van der Waals surface area (Å²) >= 11 is 3.08. The zero-order valence-electron chi connectivity index (χ0n) is 15.9. The van der Waals surface area contributed by atoms with E-state index >= 15 is 0 Å². The van der Waals surface area contributed by atoms with Gasteiger partial charge < -0.3 is 10.2 Å². The highest BCUT2D eigenvalue weighted by atomic mass is 32.2. The summed E-state index contributed by atoms with van der Waals surface area (Å²) in [7, 11) is 0. The van der Waals surface area contributed by atoms with E-state index in [1.165, 1.54) is 16.2 Å². The molecule has 2 aromatic heterocycles. The number of thiazole rings is 1. The van der Waals surface area contributed by atoms with E-state index in [9.17, 15) is 9.59 Å². The average molecular weight is 425 g/mol. The lowest BCUT2D eigenvalue weighted by Crippen LogP contribution is -2.28. The van der Waals surface area contributed by atoms with Crippen LogP contribution >= 0.6 is 23.1 Å². The van der Waals surface area contributed by atoms with Gasteiger partial charge in [-0.05, 0) is 30.5 Å². The summed E-state index contributed by atoms with van der Waals surface area (Å²) in [5.74, 6) is -0.565. The Hall–Kier alpha value is -2.71. The van der Waals surface area contributed by atoms with E-state index in [1.54, 1.807) is 22.9 Å². The van der Waals surface area contributed by atoms with Gasteiger partial charge in [0, 0.05) is 35.0 Å². The molecule has 0 radical (unpaired) electrons. The number of aromatic nitrogens is 2. The summed E-state index contributed by atoms with van der Waals surface area (Å²) < 4.78 is 0. The number of hydrogen-bond acceptors (Lipinski definition) is 6. The molecular weight excluding hydrogens is 404 g/mol. The van der Waals surface area contributed by atoms with Crippen molar-refractivity contribution < 1.29 is 9.59 Å². The van der Waals surface area contributed by atoms with Gasteiger partial charge in [0.2, 0.25) is 11.8 Å². The number of benzene rings is 1. The van der Waals surface area contributed by atoms with Gasteiger partial charge in [-0.15, -0.1) is 23.1 Å². The quantitative estimate of drug-likeness (QED) is 0.607. The highest BCUT2D eigenvalue weighted by Crippen LogP contribution is 2.28. The third-order valence-corrected chi connectivity index (χ3v) is 6.29. The van der Waals surface area contributed by atoms with E-state index in [2.05, 4.69) is 27.4 Å². The number of amides is 2. The number of pyridine rings is 1. The first-order chi connectivity index (χ1) is 14.1. The van der Waals surface area contributed by atoms with Crippen molar-refractivity contribution in [3.63, 3.8) is 0 Å². The van der Waals surface area contributed by atoms with Crippen LogP contribution in [0, 0.1) is 5.92 Å². The number of nitrogens with zero attached hydrogens (tertiary/aromatic N) is 3. The van der Waals surface area contributed by atoms with Crippen molar-refractivity contribution in [1.29, 1.82) is 0 Å². The van der Waals surface area contributed by atoms with Gasteiger partial charge in [0.25, 0.3) is 0 Å². The number of nitrogens with one attached hydrogen (secondary N) is 1. The molecule has 1 fully saturated rings. The second-order valence-corrected chi connectivity index (χ2v) is 8.49. The summed E-state index contributed by atoms with van der Waals surface area (Å²) in [6, 6.07) is 13.8. The zero-order valence-corrected chi connectivity index (χ0v) is 17.5. The maximum absolute atomic E-state index is 12.6. The minimum atomic E-state index is -0.376. The number of rotatable bonds is 6. The van der Waals surface area contributed by atoms with E-state index in [0.29, 0.717) is 18.2 Å². The number of carbonyl (C=O) groups is 2. The molecule has 3 aromatic rings. The fourth-order valence-electron chi connectivity index (χ4n) is 3.22. The van der Waals surface area contributed by atoms with E-state index < -0.39 is 0 Å². The molecule has 0 bridgehead atoms. The van der Waals surface area contributed by atoms with Crippen molar-refractivity contribution in [3.05, 3.63) is 59.7 Å². The van der Waals surface area contributed by atoms with Crippen LogP contribution in [0.2, 0.25) is 0 Å². The summed E-state index contributed by atoms with van der Waals surface area (Å²) in [6.07, 6.45) is 3.96. The molecule has 3 heterocycles. The van der Waals surface area contributed by atoms with Gasteiger partial charge in [-0.1, -0.05) is 18.2 Å². The van der Waals surface area contributed by atoms with Crippen molar-refractivity contribution in [2.24, 2.45) is 5.92 Å². The van der Waals surface area contributed by atoms with Gasteiger partial charge in [0.15, 0.2) is 5.13 Å². The molecule has 0 aliphatic carbocycles. The molecule has 1 aliphatic rings. The fraction of sp³-hybridized carbons (Fsp3) is 0.238.